The van der Waals surface area contributed by atoms with Crippen LogP contribution in [0.15, 0.2) is 18.2 Å². The van der Waals surface area contributed by atoms with E-state index in [0.29, 0.717) is 0 Å². The van der Waals surface area contributed by atoms with E-state index in [1.54, 1.807) is 13.2 Å². The molecule has 0 heterocycles. The van der Waals surface area contributed by atoms with Gasteiger partial charge in [-0.1, -0.05) is 0 Å². The van der Waals surface area contributed by atoms with Crippen molar-refractivity contribution in [2.75, 3.05) is 7.11 Å². The molecule has 0 spiro atoms. The van der Waals surface area contributed by atoms with Gasteiger partial charge in [0.25, 0.3) is 0 Å². The van der Waals surface area contributed by atoms with Crippen molar-refractivity contribution in [2.45, 2.75) is 19.3 Å². The van der Waals surface area contributed by atoms with Crippen LogP contribution in [-0.4, -0.2) is 13.0 Å². The lowest BCUT2D eigenvalue weighted by molar-refractivity contribution is -0.113. The summed E-state index contributed by atoms with van der Waals surface area (Å²) < 4.78 is 5.30. The van der Waals surface area contributed by atoms with Crippen molar-refractivity contribution in [3.05, 3.63) is 34.9 Å². The number of benzene rings is 1. The average molecular weight is 217 g/mol. The van der Waals surface area contributed by atoms with Gasteiger partial charge >= 0.3 is 0 Å². The maximum atomic E-state index is 10.7. The number of amides is 1. The molecule has 0 aliphatic heterocycles. The molecule has 1 aliphatic carbocycles. The van der Waals surface area contributed by atoms with E-state index in [0.717, 1.165) is 24.2 Å². The number of methoxy groups -OCH3 is 1. The molecule has 1 aromatic rings. The molecule has 84 valence electrons. The fourth-order valence-corrected chi connectivity index (χ4v) is 2.10. The summed E-state index contributed by atoms with van der Waals surface area (Å²) in [7, 11) is 1.64. The van der Waals surface area contributed by atoms with Gasteiger partial charge in [-0.3, -0.25) is 4.79 Å². The predicted octanol–water partition coefficient (Wildman–Crippen LogP) is 1.68. The minimum atomic E-state index is -0.442. The molecular weight excluding hydrogens is 202 g/mol. The fourth-order valence-electron chi connectivity index (χ4n) is 2.10. The van der Waals surface area contributed by atoms with E-state index in [1.807, 2.05) is 0 Å². The average Bonchev–Trinajstić information content (AvgIpc) is 2.71. The van der Waals surface area contributed by atoms with Crippen LogP contribution >= 0.6 is 0 Å². The van der Waals surface area contributed by atoms with Gasteiger partial charge in [-0.25, -0.2) is 0 Å². The standard InChI is InChI=1S/C13H15NO2/c1-16-12-8-10-4-2-3-9(10)7-11(12)5-6-13(14)15/h5-8H,2-4H2,1H3,(H2,14,15)/b6-5+. The Labute approximate surface area is 94.9 Å². The highest BCUT2D eigenvalue weighted by molar-refractivity contribution is 5.90. The number of primary amides is 1. The Bertz CT molecular complexity index is 449. The summed E-state index contributed by atoms with van der Waals surface area (Å²) in [5.41, 5.74) is 8.70. The zero-order chi connectivity index (χ0) is 11.5. The zero-order valence-corrected chi connectivity index (χ0v) is 9.32. The van der Waals surface area contributed by atoms with Gasteiger partial charge in [0.15, 0.2) is 0 Å². The third kappa shape index (κ3) is 2.08. The number of hydrogen-bond acceptors (Lipinski definition) is 2. The molecule has 0 atom stereocenters. The van der Waals surface area contributed by atoms with Gasteiger partial charge in [-0.15, -0.1) is 0 Å². The number of aryl methyl sites for hydroxylation is 2. The largest absolute Gasteiger partial charge is 0.496 e. The van der Waals surface area contributed by atoms with Gasteiger partial charge in [0.2, 0.25) is 5.91 Å². The second-order valence-electron chi connectivity index (χ2n) is 3.95. The topological polar surface area (TPSA) is 52.3 Å². The predicted molar refractivity (Wildman–Crippen MR) is 63.2 cm³/mol. The first kappa shape index (κ1) is 10.7. The molecule has 0 bridgehead atoms. The van der Waals surface area contributed by atoms with Crippen molar-refractivity contribution < 1.29 is 9.53 Å². The highest BCUT2D eigenvalue weighted by atomic mass is 16.5. The molecule has 3 nitrogen and oxygen atoms in total. The van der Waals surface area contributed by atoms with Crippen LogP contribution in [0.2, 0.25) is 0 Å². The van der Waals surface area contributed by atoms with Crippen molar-refractivity contribution >= 4 is 12.0 Å². The molecule has 0 saturated heterocycles. The molecule has 1 aromatic carbocycles. The summed E-state index contributed by atoms with van der Waals surface area (Å²) in [6.45, 7) is 0. The van der Waals surface area contributed by atoms with Crippen LogP contribution in [0.25, 0.3) is 6.08 Å². The Hall–Kier alpha value is -1.77. The van der Waals surface area contributed by atoms with Gasteiger partial charge in [0, 0.05) is 11.6 Å². The van der Waals surface area contributed by atoms with Crippen LogP contribution in [0.1, 0.15) is 23.1 Å². The monoisotopic (exact) mass is 217 g/mol. The fraction of sp³-hybridized carbons (Fsp3) is 0.308. The second kappa shape index (κ2) is 4.39. The molecule has 1 amide bonds. The number of rotatable bonds is 3. The molecule has 16 heavy (non-hydrogen) atoms. The summed E-state index contributed by atoms with van der Waals surface area (Å²) >= 11 is 0. The molecular formula is C13H15NO2. The van der Waals surface area contributed by atoms with Crippen LogP contribution in [0.5, 0.6) is 5.75 Å². The molecule has 0 aromatic heterocycles. The van der Waals surface area contributed by atoms with E-state index in [9.17, 15) is 4.79 Å². The smallest absolute Gasteiger partial charge is 0.241 e. The van der Waals surface area contributed by atoms with Gasteiger partial charge in [0.1, 0.15) is 5.75 Å². The molecule has 2 rings (SSSR count). The summed E-state index contributed by atoms with van der Waals surface area (Å²) in [4.78, 5) is 10.7. The SMILES string of the molecule is COc1cc2c(cc1/C=C/C(N)=O)CCC2. The summed E-state index contributed by atoms with van der Waals surface area (Å²) in [6.07, 6.45) is 6.49. The summed E-state index contributed by atoms with van der Waals surface area (Å²) in [5.74, 6) is 0.362. The van der Waals surface area contributed by atoms with E-state index >= 15 is 0 Å². The lowest BCUT2D eigenvalue weighted by Gasteiger charge is -2.08. The van der Waals surface area contributed by atoms with E-state index in [1.165, 1.54) is 23.6 Å². The maximum Gasteiger partial charge on any atom is 0.241 e. The maximum absolute atomic E-state index is 10.7. The molecule has 3 heteroatoms. The van der Waals surface area contributed by atoms with Gasteiger partial charge in [0.05, 0.1) is 7.11 Å². The third-order valence-electron chi connectivity index (χ3n) is 2.87. The molecule has 0 radical (unpaired) electrons. The zero-order valence-electron chi connectivity index (χ0n) is 9.32. The quantitative estimate of drug-likeness (QED) is 0.783. The van der Waals surface area contributed by atoms with Crippen molar-refractivity contribution in [2.24, 2.45) is 5.73 Å². The van der Waals surface area contributed by atoms with Gasteiger partial charge < -0.3 is 10.5 Å². The van der Waals surface area contributed by atoms with E-state index < -0.39 is 5.91 Å². The molecule has 1 aliphatic rings. The van der Waals surface area contributed by atoms with Crippen molar-refractivity contribution in [3.8, 4) is 5.75 Å². The summed E-state index contributed by atoms with van der Waals surface area (Å²) in [5, 5.41) is 0. The van der Waals surface area contributed by atoms with Gasteiger partial charge in [-0.2, -0.15) is 0 Å². The van der Waals surface area contributed by atoms with E-state index in [4.69, 9.17) is 10.5 Å². The first-order valence-electron chi connectivity index (χ1n) is 5.38. The van der Waals surface area contributed by atoms with Crippen LogP contribution < -0.4 is 10.5 Å². The van der Waals surface area contributed by atoms with Crippen LogP contribution in [-0.2, 0) is 17.6 Å². The number of carbonyl (C=O) groups is 1. The minimum absolute atomic E-state index is 0.442. The summed E-state index contributed by atoms with van der Waals surface area (Å²) in [6, 6.07) is 4.14. The highest BCUT2D eigenvalue weighted by Crippen LogP contribution is 2.30. The van der Waals surface area contributed by atoms with Gasteiger partial charge in [-0.05, 0) is 48.6 Å². The Kier molecular flexibility index (Phi) is 2.95. The Morgan fingerprint density at radius 3 is 2.69 bits per heavy atom. The number of fused-ring (bicyclic) bond motifs is 1. The Balaban J connectivity index is 2.39. The number of carbonyl (C=O) groups excluding carboxylic acids is 1. The lowest BCUT2D eigenvalue weighted by atomic mass is 10.0. The first-order chi connectivity index (χ1) is 7.70. The molecule has 0 unspecified atom stereocenters. The van der Waals surface area contributed by atoms with Crippen molar-refractivity contribution in [1.82, 2.24) is 0 Å². The normalized spacial score (nSPS) is 14.1. The lowest BCUT2D eigenvalue weighted by Crippen LogP contribution is -2.05. The Morgan fingerprint density at radius 2 is 2.06 bits per heavy atom. The first-order valence-corrected chi connectivity index (χ1v) is 5.38. The number of hydrogen-bond donors (Lipinski definition) is 1. The Morgan fingerprint density at radius 1 is 1.38 bits per heavy atom. The highest BCUT2D eigenvalue weighted by Gasteiger charge is 2.13. The van der Waals surface area contributed by atoms with E-state index in [2.05, 4.69) is 12.1 Å². The van der Waals surface area contributed by atoms with E-state index in [-0.39, 0.29) is 0 Å². The van der Waals surface area contributed by atoms with Crippen molar-refractivity contribution in [1.29, 1.82) is 0 Å². The number of ether oxygens (including phenoxy) is 1. The number of nitrogens with two attached hydrogens (primary N) is 1. The minimum Gasteiger partial charge on any atom is -0.496 e. The molecule has 0 fully saturated rings. The second-order valence-corrected chi connectivity index (χ2v) is 3.95. The third-order valence-corrected chi connectivity index (χ3v) is 2.87. The van der Waals surface area contributed by atoms with Crippen LogP contribution in [0.4, 0.5) is 0 Å². The van der Waals surface area contributed by atoms with Crippen LogP contribution in [0.3, 0.4) is 0 Å². The molecule has 0 saturated carbocycles. The van der Waals surface area contributed by atoms with Crippen LogP contribution in [0, 0.1) is 0 Å². The van der Waals surface area contributed by atoms with Crippen molar-refractivity contribution in [3.63, 3.8) is 0 Å². The molecule has 2 N–H and O–H groups in total.